The molecule has 0 unspecified atom stereocenters. The van der Waals surface area contributed by atoms with Gasteiger partial charge in [-0.15, -0.1) is 0 Å². The van der Waals surface area contributed by atoms with Crippen molar-refractivity contribution in [2.24, 2.45) is 22.7 Å². The van der Waals surface area contributed by atoms with E-state index in [-0.39, 0.29) is 11.5 Å². The number of aryl methyl sites for hydroxylation is 1. The summed E-state index contributed by atoms with van der Waals surface area (Å²) in [7, 11) is 0. The maximum atomic E-state index is 10.6. The van der Waals surface area contributed by atoms with Gasteiger partial charge in [0.05, 0.1) is 6.10 Å². The number of benzene rings is 1. The van der Waals surface area contributed by atoms with E-state index in [1.54, 1.807) is 11.1 Å². The quantitative estimate of drug-likeness (QED) is 0.756. The first kappa shape index (κ1) is 11.8. The van der Waals surface area contributed by atoms with E-state index < -0.39 is 0 Å². The molecule has 3 saturated carbocycles. The molecule has 0 aromatic heterocycles. The van der Waals surface area contributed by atoms with Gasteiger partial charge in [-0.25, -0.2) is 0 Å². The Bertz CT molecular complexity index is 579. The monoisotopic (exact) mass is 268 g/mol. The van der Waals surface area contributed by atoms with E-state index in [1.807, 2.05) is 0 Å². The minimum atomic E-state index is -0.0284. The minimum Gasteiger partial charge on any atom is -0.393 e. The second-order valence-electron chi connectivity index (χ2n) is 8.10. The molecule has 1 aromatic rings. The lowest BCUT2D eigenvalue weighted by molar-refractivity contribution is -0.0558. The van der Waals surface area contributed by atoms with Crippen LogP contribution in [0.1, 0.15) is 56.1 Å². The van der Waals surface area contributed by atoms with Crippen LogP contribution in [0.2, 0.25) is 0 Å². The predicted octanol–water partition coefficient (Wildman–Crippen LogP) is 3.90. The minimum absolute atomic E-state index is 0.0284. The summed E-state index contributed by atoms with van der Waals surface area (Å²) < 4.78 is 0. The zero-order valence-corrected chi connectivity index (χ0v) is 12.3. The summed E-state index contributed by atoms with van der Waals surface area (Å²) in [5.41, 5.74) is 3.98. The smallest absolute Gasteiger partial charge is 0.0602 e. The Hall–Kier alpha value is -0.820. The zero-order chi connectivity index (χ0) is 13.5. The lowest BCUT2D eigenvalue weighted by Gasteiger charge is -2.52. The first-order chi connectivity index (χ1) is 9.67. The second kappa shape index (κ2) is 3.50. The topological polar surface area (TPSA) is 20.2 Å². The third-order valence-corrected chi connectivity index (χ3v) is 7.76. The lowest BCUT2D eigenvalue weighted by atomic mass is 9.52. The summed E-state index contributed by atoms with van der Waals surface area (Å²) in [6.45, 7) is 2.40. The summed E-state index contributed by atoms with van der Waals surface area (Å²) in [4.78, 5) is 0. The maximum Gasteiger partial charge on any atom is 0.0602 e. The SMILES string of the molecule is C[C@]12CC[C@@H]3c4ccccc4CC[C@H]3[C@@]13C[C@H]3C[C@@H]2O. The Morgan fingerprint density at radius 2 is 2.05 bits per heavy atom. The van der Waals surface area contributed by atoms with Crippen molar-refractivity contribution in [2.75, 3.05) is 0 Å². The van der Waals surface area contributed by atoms with E-state index >= 15 is 0 Å². The number of hydrogen-bond acceptors (Lipinski definition) is 1. The molecule has 5 rings (SSSR count). The van der Waals surface area contributed by atoms with E-state index in [9.17, 15) is 5.11 Å². The molecule has 1 nitrogen and oxygen atoms in total. The van der Waals surface area contributed by atoms with Crippen molar-refractivity contribution in [3.05, 3.63) is 35.4 Å². The van der Waals surface area contributed by atoms with E-state index in [2.05, 4.69) is 31.2 Å². The van der Waals surface area contributed by atoms with E-state index in [0.29, 0.717) is 5.41 Å². The van der Waals surface area contributed by atoms with Crippen LogP contribution in [0, 0.1) is 22.7 Å². The fraction of sp³-hybridized carbons (Fsp3) is 0.684. The first-order valence-electron chi connectivity index (χ1n) is 8.43. The molecule has 3 fully saturated rings. The van der Waals surface area contributed by atoms with Crippen LogP contribution in [0.3, 0.4) is 0 Å². The number of fused-ring (bicyclic) bond motifs is 3. The molecule has 0 radical (unpaired) electrons. The van der Waals surface area contributed by atoms with Crippen molar-refractivity contribution in [3.63, 3.8) is 0 Å². The van der Waals surface area contributed by atoms with Gasteiger partial charge >= 0.3 is 0 Å². The van der Waals surface area contributed by atoms with Gasteiger partial charge in [0.1, 0.15) is 0 Å². The summed E-state index contributed by atoms with van der Waals surface area (Å²) in [6.07, 6.45) is 7.62. The van der Waals surface area contributed by atoms with Crippen molar-refractivity contribution in [1.82, 2.24) is 0 Å². The Kier molecular flexibility index (Phi) is 2.06. The second-order valence-corrected chi connectivity index (χ2v) is 8.10. The largest absolute Gasteiger partial charge is 0.393 e. The number of aliphatic hydroxyl groups is 1. The molecule has 0 heterocycles. The van der Waals surface area contributed by atoms with Crippen molar-refractivity contribution < 1.29 is 5.11 Å². The van der Waals surface area contributed by atoms with Gasteiger partial charge in [-0.05, 0) is 78.2 Å². The lowest BCUT2D eigenvalue weighted by Crippen LogP contribution is -2.47. The molecule has 0 amide bonds. The maximum absolute atomic E-state index is 10.6. The van der Waals surface area contributed by atoms with Crippen LogP contribution in [0.5, 0.6) is 0 Å². The molecule has 0 saturated heterocycles. The standard InChI is InChI=1S/C19H24O/c1-18-9-8-15-14-5-3-2-4-12(14)6-7-16(15)19(18)11-13(19)10-17(18)20/h2-5,13,15-17,20H,6-11H2,1H3/t13-,15-,16-,17+,18-,19+/m1/s1. The number of hydrogen-bond donors (Lipinski definition) is 1. The van der Waals surface area contributed by atoms with Gasteiger partial charge in [0.2, 0.25) is 0 Å². The van der Waals surface area contributed by atoms with E-state index in [1.165, 1.54) is 32.1 Å². The number of rotatable bonds is 0. The van der Waals surface area contributed by atoms with Crippen LogP contribution in [-0.2, 0) is 6.42 Å². The van der Waals surface area contributed by atoms with Crippen LogP contribution in [-0.4, -0.2) is 11.2 Å². The van der Waals surface area contributed by atoms with Gasteiger partial charge in [-0.2, -0.15) is 0 Å². The molecule has 1 spiro atoms. The molecular formula is C19H24O. The van der Waals surface area contributed by atoms with Crippen LogP contribution in [0.4, 0.5) is 0 Å². The third kappa shape index (κ3) is 1.13. The Balaban J connectivity index is 1.61. The van der Waals surface area contributed by atoms with Gasteiger partial charge in [0.25, 0.3) is 0 Å². The molecule has 1 aromatic carbocycles. The van der Waals surface area contributed by atoms with Crippen molar-refractivity contribution in [3.8, 4) is 0 Å². The van der Waals surface area contributed by atoms with Gasteiger partial charge in [-0.1, -0.05) is 31.2 Å². The summed E-state index contributed by atoms with van der Waals surface area (Å²) in [6, 6.07) is 9.14. The first-order valence-corrected chi connectivity index (χ1v) is 8.43. The predicted molar refractivity (Wildman–Crippen MR) is 79.5 cm³/mol. The highest BCUT2D eigenvalue weighted by Crippen LogP contribution is 2.81. The van der Waals surface area contributed by atoms with E-state index in [0.717, 1.165) is 24.2 Å². The highest BCUT2D eigenvalue weighted by Gasteiger charge is 2.76. The number of aliphatic hydroxyl groups excluding tert-OH is 1. The molecule has 20 heavy (non-hydrogen) atoms. The van der Waals surface area contributed by atoms with Crippen LogP contribution >= 0.6 is 0 Å². The molecule has 6 atom stereocenters. The molecule has 0 bridgehead atoms. The van der Waals surface area contributed by atoms with Crippen molar-refractivity contribution in [1.29, 1.82) is 0 Å². The highest BCUT2D eigenvalue weighted by atomic mass is 16.3. The third-order valence-electron chi connectivity index (χ3n) is 7.76. The molecule has 0 aliphatic heterocycles. The average molecular weight is 268 g/mol. The van der Waals surface area contributed by atoms with Crippen molar-refractivity contribution in [2.45, 2.75) is 57.5 Å². The van der Waals surface area contributed by atoms with Gasteiger partial charge in [-0.3, -0.25) is 0 Å². The Labute approximate surface area is 121 Å². The fourth-order valence-electron chi connectivity index (χ4n) is 6.74. The fourth-order valence-corrected chi connectivity index (χ4v) is 6.74. The summed E-state index contributed by atoms with van der Waals surface area (Å²) in [5, 5.41) is 10.6. The summed E-state index contributed by atoms with van der Waals surface area (Å²) in [5.74, 6) is 2.46. The molecular weight excluding hydrogens is 244 g/mol. The van der Waals surface area contributed by atoms with Gasteiger partial charge < -0.3 is 5.11 Å². The van der Waals surface area contributed by atoms with Crippen LogP contribution < -0.4 is 0 Å². The summed E-state index contributed by atoms with van der Waals surface area (Å²) >= 11 is 0. The molecule has 1 N–H and O–H groups in total. The average Bonchev–Trinajstić information content (AvgIpc) is 3.12. The molecule has 4 aliphatic carbocycles. The van der Waals surface area contributed by atoms with Crippen LogP contribution in [0.25, 0.3) is 0 Å². The molecule has 1 heteroatoms. The van der Waals surface area contributed by atoms with E-state index in [4.69, 9.17) is 0 Å². The Morgan fingerprint density at radius 3 is 2.95 bits per heavy atom. The highest BCUT2D eigenvalue weighted by molar-refractivity contribution is 5.38. The zero-order valence-electron chi connectivity index (χ0n) is 12.3. The van der Waals surface area contributed by atoms with Crippen molar-refractivity contribution >= 4 is 0 Å². The normalized spacial score (nSPS) is 51.7. The molecule has 106 valence electrons. The van der Waals surface area contributed by atoms with Gasteiger partial charge in [0, 0.05) is 0 Å². The van der Waals surface area contributed by atoms with Crippen LogP contribution in [0.15, 0.2) is 24.3 Å². The Morgan fingerprint density at radius 1 is 1.20 bits per heavy atom. The molecule has 4 aliphatic rings. The van der Waals surface area contributed by atoms with Gasteiger partial charge in [0.15, 0.2) is 0 Å².